The van der Waals surface area contributed by atoms with Crippen LogP contribution >= 0.6 is 0 Å². The van der Waals surface area contributed by atoms with Crippen LogP contribution in [0.1, 0.15) is 33.6 Å². The molecule has 0 aromatic heterocycles. The number of hydrogen-bond acceptors (Lipinski definition) is 5. The molecule has 1 aliphatic heterocycles. The number of nitrogens with one attached hydrogen (secondary N) is 1. The van der Waals surface area contributed by atoms with Crippen LogP contribution in [0.25, 0.3) is 0 Å². The second kappa shape index (κ2) is 7.38. The molecular weight excluding hydrogens is 310 g/mol. The fraction of sp³-hybridized carbons (Fsp3) is 0.846. The van der Waals surface area contributed by atoms with E-state index < -0.39 is 21.9 Å². The minimum absolute atomic E-state index is 0.113. The van der Waals surface area contributed by atoms with Crippen LogP contribution in [0.3, 0.4) is 0 Å². The predicted octanol–water partition coefficient (Wildman–Crippen LogP) is 0.351. The smallest absolute Gasteiger partial charge is 0.407 e. The molecule has 0 unspecified atom stereocenters. The van der Waals surface area contributed by atoms with Gasteiger partial charge in [-0.1, -0.05) is 0 Å². The van der Waals surface area contributed by atoms with Gasteiger partial charge in [-0.05, 0) is 33.6 Å². The lowest BCUT2D eigenvalue weighted by molar-refractivity contribution is -0.107. The maximum Gasteiger partial charge on any atom is 0.407 e. The van der Waals surface area contributed by atoms with Crippen LogP contribution in [0.4, 0.5) is 4.79 Å². The Kier molecular flexibility index (Phi) is 6.33. The number of ether oxygens (including phenoxy) is 1. The van der Waals surface area contributed by atoms with Gasteiger partial charge in [0, 0.05) is 26.2 Å². The molecule has 1 fully saturated rings. The van der Waals surface area contributed by atoms with Crippen molar-refractivity contribution in [2.24, 2.45) is 0 Å². The third-order valence-electron chi connectivity index (χ3n) is 3.23. The number of carbonyl (C=O) groups excluding carboxylic acids is 2. The first-order valence-electron chi connectivity index (χ1n) is 7.21. The highest BCUT2D eigenvalue weighted by molar-refractivity contribution is 7.86. The summed E-state index contributed by atoms with van der Waals surface area (Å²) >= 11 is 0. The third kappa shape index (κ3) is 5.54. The van der Waals surface area contributed by atoms with Gasteiger partial charge >= 0.3 is 6.09 Å². The first kappa shape index (κ1) is 18.9. The highest BCUT2D eigenvalue weighted by Gasteiger charge is 2.31. The van der Waals surface area contributed by atoms with Crippen molar-refractivity contribution >= 4 is 22.6 Å². The second-order valence-electron chi connectivity index (χ2n) is 6.27. The molecule has 1 N–H and O–H groups in total. The van der Waals surface area contributed by atoms with Crippen LogP contribution in [0.2, 0.25) is 0 Å². The molecule has 0 aliphatic carbocycles. The average molecular weight is 335 g/mol. The van der Waals surface area contributed by atoms with Gasteiger partial charge < -0.3 is 14.8 Å². The van der Waals surface area contributed by atoms with Crippen molar-refractivity contribution in [3.8, 4) is 0 Å². The van der Waals surface area contributed by atoms with Gasteiger partial charge in [-0.15, -0.1) is 0 Å². The summed E-state index contributed by atoms with van der Waals surface area (Å²) in [7, 11) is -2.24. The molecule has 128 valence electrons. The standard InChI is InChI=1S/C13H25N3O5S/c1-13(2,3)21-12(18)14-11-5-7-16(8-6-11)22(19,20)15(4)9-10-17/h10-11H,5-9H2,1-4H3,(H,14,18). The normalized spacial score (nSPS) is 18.2. The molecule has 1 aliphatic rings. The lowest BCUT2D eigenvalue weighted by Gasteiger charge is -2.33. The Balaban J connectivity index is 2.50. The van der Waals surface area contributed by atoms with Gasteiger partial charge in [0.15, 0.2) is 0 Å². The highest BCUT2D eigenvalue weighted by Crippen LogP contribution is 2.16. The van der Waals surface area contributed by atoms with Crippen LogP contribution in [0, 0.1) is 0 Å². The molecule has 0 bridgehead atoms. The molecular formula is C13H25N3O5S. The van der Waals surface area contributed by atoms with E-state index >= 15 is 0 Å². The van der Waals surface area contributed by atoms with Crippen molar-refractivity contribution in [1.29, 1.82) is 0 Å². The molecule has 0 aromatic rings. The Hall–Kier alpha value is -1.19. The van der Waals surface area contributed by atoms with Crippen molar-refractivity contribution in [1.82, 2.24) is 13.9 Å². The Bertz CT molecular complexity index is 492. The highest BCUT2D eigenvalue weighted by atomic mass is 32.2. The number of carbonyl (C=O) groups is 2. The zero-order chi connectivity index (χ0) is 17.0. The van der Waals surface area contributed by atoms with Crippen LogP contribution < -0.4 is 5.32 Å². The fourth-order valence-corrected chi connectivity index (χ4v) is 3.42. The van der Waals surface area contributed by atoms with Gasteiger partial charge in [-0.25, -0.2) is 4.79 Å². The summed E-state index contributed by atoms with van der Waals surface area (Å²) in [5.41, 5.74) is -0.564. The summed E-state index contributed by atoms with van der Waals surface area (Å²) in [4.78, 5) is 22.1. The first-order valence-corrected chi connectivity index (χ1v) is 8.60. The number of amides is 1. The summed E-state index contributed by atoms with van der Waals surface area (Å²) in [6.07, 6.45) is 1.07. The molecule has 1 rings (SSSR count). The first-order chi connectivity index (χ1) is 10.1. The van der Waals surface area contributed by atoms with E-state index in [4.69, 9.17) is 4.74 Å². The molecule has 0 atom stereocenters. The Labute approximate surface area is 132 Å². The molecule has 1 amide bonds. The minimum atomic E-state index is -3.61. The maximum absolute atomic E-state index is 12.2. The molecule has 1 heterocycles. The van der Waals surface area contributed by atoms with E-state index in [1.54, 1.807) is 20.8 Å². The van der Waals surface area contributed by atoms with Gasteiger partial charge in [0.05, 0.1) is 6.54 Å². The average Bonchev–Trinajstić information content (AvgIpc) is 2.37. The van der Waals surface area contributed by atoms with E-state index in [-0.39, 0.29) is 12.6 Å². The Morgan fingerprint density at radius 3 is 2.36 bits per heavy atom. The predicted molar refractivity (Wildman–Crippen MR) is 81.6 cm³/mol. The Morgan fingerprint density at radius 2 is 1.91 bits per heavy atom. The quantitative estimate of drug-likeness (QED) is 0.732. The van der Waals surface area contributed by atoms with Crippen molar-refractivity contribution in [2.75, 3.05) is 26.7 Å². The number of rotatable bonds is 5. The fourth-order valence-electron chi connectivity index (χ4n) is 2.10. The van der Waals surface area contributed by atoms with E-state index in [1.165, 1.54) is 11.4 Å². The minimum Gasteiger partial charge on any atom is -0.444 e. The van der Waals surface area contributed by atoms with Gasteiger partial charge in [-0.3, -0.25) is 0 Å². The summed E-state index contributed by atoms with van der Waals surface area (Å²) in [6.45, 7) is 5.77. The van der Waals surface area contributed by atoms with Gasteiger partial charge in [0.2, 0.25) is 0 Å². The van der Waals surface area contributed by atoms with Crippen LogP contribution in [0.5, 0.6) is 0 Å². The summed E-state index contributed by atoms with van der Waals surface area (Å²) in [5.74, 6) is 0. The topological polar surface area (TPSA) is 96.0 Å². The number of likely N-dealkylation sites (N-methyl/N-ethyl adjacent to an activating group) is 1. The van der Waals surface area contributed by atoms with E-state index in [2.05, 4.69) is 5.32 Å². The number of piperidine rings is 1. The van der Waals surface area contributed by atoms with Crippen LogP contribution in [-0.4, -0.2) is 67.7 Å². The van der Waals surface area contributed by atoms with Gasteiger partial charge in [-0.2, -0.15) is 17.0 Å². The van der Waals surface area contributed by atoms with E-state index in [9.17, 15) is 18.0 Å². The Morgan fingerprint density at radius 1 is 1.36 bits per heavy atom. The van der Waals surface area contributed by atoms with E-state index in [1.807, 2.05) is 0 Å². The van der Waals surface area contributed by atoms with Gasteiger partial charge in [0.1, 0.15) is 11.9 Å². The van der Waals surface area contributed by atoms with E-state index in [0.29, 0.717) is 32.2 Å². The van der Waals surface area contributed by atoms with Crippen molar-refractivity contribution in [3.63, 3.8) is 0 Å². The number of nitrogens with zero attached hydrogens (tertiary/aromatic N) is 2. The number of alkyl carbamates (subject to hydrolysis) is 1. The molecule has 0 saturated carbocycles. The zero-order valence-corrected chi connectivity index (χ0v) is 14.4. The maximum atomic E-state index is 12.2. The van der Waals surface area contributed by atoms with Crippen LogP contribution in [0.15, 0.2) is 0 Å². The second-order valence-corrected chi connectivity index (χ2v) is 8.31. The lowest BCUT2D eigenvalue weighted by Crippen LogP contribution is -2.50. The van der Waals surface area contributed by atoms with Crippen molar-refractivity contribution in [2.45, 2.75) is 45.3 Å². The summed E-state index contributed by atoms with van der Waals surface area (Å²) < 4.78 is 31.9. The molecule has 22 heavy (non-hydrogen) atoms. The van der Waals surface area contributed by atoms with E-state index in [0.717, 1.165) is 4.31 Å². The molecule has 0 aromatic carbocycles. The summed E-state index contributed by atoms with van der Waals surface area (Å²) in [5, 5.41) is 2.75. The lowest BCUT2D eigenvalue weighted by atomic mass is 10.1. The number of aldehydes is 1. The zero-order valence-electron chi connectivity index (χ0n) is 13.5. The van der Waals surface area contributed by atoms with Crippen LogP contribution in [-0.2, 0) is 19.7 Å². The number of hydrogen-bond donors (Lipinski definition) is 1. The molecule has 1 saturated heterocycles. The largest absolute Gasteiger partial charge is 0.444 e. The SMILES string of the molecule is CN(CC=O)S(=O)(=O)N1CCC(NC(=O)OC(C)(C)C)CC1. The monoisotopic (exact) mass is 335 g/mol. The van der Waals surface area contributed by atoms with Crippen molar-refractivity contribution in [3.05, 3.63) is 0 Å². The summed E-state index contributed by atoms with van der Waals surface area (Å²) in [6, 6.07) is -0.113. The molecule has 0 spiro atoms. The molecule has 8 nitrogen and oxygen atoms in total. The third-order valence-corrected chi connectivity index (χ3v) is 5.18. The van der Waals surface area contributed by atoms with Gasteiger partial charge in [0.25, 0.3) is 10.2 Å². The molecule has 9 heteroatoms. The molecule has 0 radical (unpaired) electrons. The van der Waals surface area contributed by atoms with Crippen molar-refractivity contribution < 1.29 is 22.7 Å².